The Bertz CT molecular complexity index is 1370. The molecule has 1 aliphatic carbocycles. The first-order chi connectivity index (χ1) is 17.0. The van der Waals surface area contributed by atoms with Gasteiger partial charge in [0.25, 0.3) is 5.91 Å². The van der Waals surface area contributed by atoms with Gasteiger partial charge in [-0.2, -0.15) is 5.10 Å². The third-order valence-corrected chi connectivity index (χ3v) is 6.43. The van der Waals surface area contributed by atoms with Crippen LogP contribution in [0.25, 0.3) is 5.65 Å². The highest BCUT2D eigenvalue weighted by Gasteiger charge is 2.25. The number of nitrogens with zero attached hydrogens (tertiary/aromatic N) is 3. The predicted molar refractivity (Wildman–Crippen MR) is 133 cm³/mol. The van der Waals surface area contributed by atoms with Gasteiger partial charge in [-0.1, -0.05) is 41.4 Å². The number of fused-ring (bicyclic) bond motifs is 1. The molecule has 0 saturated heterocycles. The van der Waals surface area contributed by atoms with Crippen molar-refractivity contribution in [1.82, 2.24) is 19.9 Å². The zero-order valence-corrected chi connectivity index (χ0v) is 20.2. The summed E-state index contributed by atoms with van der Waals surface area (Å²) < 4.78 is 7.59. The van der Waals surface area contributed by atoms with Crippen molar-refractivity contribution >= 4 is 34.8 Å². The van der Waals surface area contributed by atoms with E-state index in [9.17, 15) is 4.79 Å². The smallest absolute Gasteiger partial charge is 0.274 e. The van der Waals surface area contributed by atoms with Gasteiger partial charge in [0, 0.05) is 16.1 Å². The average molecular weight is 512 g/mol. The van der Waals surface area contributed by atoms with Crippen LogP contribution in [0, 0.1) is 0 Å². The Labute approximate surface area is 211 Å². The van der Waals surface area contributed by atoms with Crippen LogP contribution in [0.2, 0.25) is 10.0 Å². The van der Waals surface area contributed by atoms with Crippen LogP contribution in [0.3, 0.4) is 0 Å². The van der Waals surface area contributed by atoms with E-state index in [4.69, 9.17) is 38.7 Å². The summed E-state index contributed by atoms with van der Waals surface area (Å²) in [6.45, 7) is 0.0671. The molecule has 10 heteroatoms. The summed E-state index contributed by atoms with van der Waals surface area (Å²) in [5.41, 5.74) is 2.75. The lowest BCUT2D eigenvalue weighted by Gasteiger charge is -2.20. The first kappa shape index (κ1) is 23.6. The standard InChI is InChI=1S/C25H23Cl2N5O3/c26-18-7-6-17(21(27)12-18)10-19(14-34-28)31-25(33)24-22(13-29-23-8-9-30-32(23)24)35-20-3-1-2-16(11-20)15-4-5-15/h1-3,6-9,11-13,15,19H,4-5,10,14,28H2,(H,31,33). The van der Waals surface area contributed by atoms with E-state index in [2.05, 4.69) is 21.5 Å². The van der Waals surface area contributed by atoms with Crippen LogP contribution in [0.15, 0.2) is 60.9 Å². The molecule has 0 spiro atoms. The average Bonchev–Trinajstić information content (AvgIpc) is 3.58. The van der Waals surface area contributed by atoms with Gasteiger partial charge in [0.15, 0.2) is 17.1 Å². The molecule has 1 saturated carbocycles. The van der Waals surface area contributed by atoms with Gasteiger partial charge in [0.1, 0.15) is 5.75 Å². The number of ether oxygens (including phenoxy) is 1. The molecular formula is C25H23Cl2N5O3. The van der Waals surface area contributed by atoms with Crippen molar-refractivity contribution in [2.45, 2.75) is 31.2 Å². The molecule has 0 aliphatic heterocycles. The molecule has 0 radical (unpaired) electrons. The van der Waals surface area contributed by atoms with Crippen LogP contribution in [0.5, 0.6) is 11.5 Å². The number of hydrogen-bond donors (Lipinski definition) is 2. The van der Waals surface area contributed by atoms with Crippen LogP contribution < -0.4 is 16.0 Å². The molecule has 8 nitrogen and oxygen atoms in total. The molecule has 2 aromatic carbocycles. The third-order valence-electron chi connectivity index (χ3n) is 5.85. The van der Waals surface area contributed by atoms with Crippen LogP contribution in [0.1, 0.15) is 40.4 Å². The summed E-state index contributed by atoms with van der Waals surface area (Å²) in [4.78, 5) is 22.8. The molecule has 4 aromatic rings. The van der Waals surface area contributed by atoms with Crippen molar-refractivity contribution in [1.29, 1.82) is 0 Å². The van der Waals surface area contributed by atoms with Gasteiger partial charge in [0.05, 0.1) is 25.0 Å². The summed E-state index contributed by atoms with van der Waals surface area (Å²) in [6.07, 6.45) is 5.84. The predicted octanol–water partition coefficient (Wildman–Crippen LogP) is 4.94. The molecule has 2 aromatic heterocycles. The lowest BCUT2D eigenvalue weighted by atomic mass is 10.1. The Balaban J connectivity index is 1.43. The van der Waals surface area contributed by atoms with E-state index in [1.807, 2.05) is 18.2 Å². The molecule has 1 unspecified atom stereocenters. The maximum atomic E-state index is 13.5. The van der Waals surface area contributed by atoms with Crippen molar-refractivity contribution in [2.75, 3.05) is 6.61 Å². The van der Waals surface area contributed by atoms with Gasteiger partial charge in [-0.15, -0.1) is 0 Å². The molecule has 0 bridgehead atoms. The van der Waals surface area contributed by atoms with Crippen molar-refractivity contribution in [2.24, 2.45) is 5.90 Å². The minimum absolute atomic E-state index is 0.0671. The zero-order chi connectivity index (χ0) is 24.4. The Morgan fingerprint density at radius 3 is 2.83 bits per heavy atom. The third kappa shape index (κ3) is 5.41. The van der Waals surface area contributed by atoms with Gasteiger partial charge in [0.2, 0.25) is 0 Å². The number of benzene rings is 2. The number of carbonyl (C=O) groups excluding carboxylic acids is 1. The highest BCUT2D eigenvalue weighted by Crippen LogP contribution is 2.41. The molecule has 1 amide bonds. The number of carbonyl (C=O) groups is 1. The normalized spacial score (nSPS) is 14.1. The fourth-order valence-electron chi connectivity index (χ4n) is 3.99. The number of hydrogen-bond acceptors (Lipinski definition) is 6. The lowest BCUT2D eigenvalue weighted by Crippen LogP contribution is -2.41. The van der Waals surface area contributed by atoms with Crippen molar-refractivity contribution < 1.29 is 14.4 Å². The molecule has 1 fully saturated rings. The van der Waals surface area contributed by atoms with Gasteiger partial charge < -0.3 is 14.9 Å². The first-order valence-corrected chi connectivity index (χ1v) is 11.9. The van der Waals surface area contributed by atoms with Crippen LogP contribution in [-0.2, 0) is 11.3 Å². The van der Waals surface area contributed by atoms with E-state index < -0.39 is 11.9 Å². The molecule has 1 aliphatic rings. The fourth-order valence-corrected chi connectivity index (χ4v) is 4.47. The highest BCUT2D eigenvalue weighted by atomic mass is 35.5. The second kappa shape index (κ2) is 10.2. The van der Waals surface area contributed by atoms with Crippen molar-refractivity contribution in [3.8, 4) is 11.5 Å². The van der Waals surface area contributed by atoms with Gasteiger partial charge in [-0.25, -0.2) is 15.4 Å². The number of nitrogens with one attached hydrogen (secondary N) is 1. The second-order valence-electron chi connectivity index (χ2n) is 8.46. The van der Waals surface area contributed by atoms with E-state index in [-0.39, 0.29) is 18.1 Å². The molecular weight excluding hydrogens is 489 g/mol. The number of amides is 1. The minimum atomic E-state index is -0.476. The molecule has 5 rings (SSSR count). The van der Waals surface area contributed by atoms with Crippen LogP contribution in [-0.4, -0.2) is 33.2 Å². The molecule has 35 heavy (non-hydrogen) atoms. The topological polar surface area (TPSA) is 104 Å². The molecule has 3 N–H and O–H groups in total. The van der Waals surface area contributed by atoms with E-state index >= 15 is 0 Å². The summed E-state index contributed by atoms with van der Waals surface area (Å²) in [6, 6.07) is 14.3. The van der Waals surface area contributed by atoms with Gasteiger partial charge in [-0.05, 0) is 60.6 Å². The number of nitrogens with two attached hydrogens (primary N) is 1. The minimum Gasteiger partial charge on any atom is -0.453 e. The van der Waals surface area contributed by atoms with Crippen molar-refractivity contribution in [3.05, 3.63) is 87.8 Å². The van der Waals surface area contributed by atoms with E-state index in [1.54, 1.807) is 30.5 Å². The SMILES string of the molecule is NOCC(Cc1ccc(Cl)cc1Cl)NC(=O)c1c(Oc2cccc(C3CC3)c2)cnc2ccnn12. The first-order valence-electron chi connectivity index (χ1n) is 11.2. The Kier molecular flexibility index (Phi) is 6.88. The summed E-state index contributed by atoms with van der Waals surface area (Å²) >= 11 is 12.3. The maximum absolute atomic E-state index is 13.5. The van der Waals surface area contributed by atoms with Crippen LogP contribution >= 0.6 is 23.2 Å². The Morgan fingerprint density at radius 1 is 1.20 bits per heavy atom. The quantitative estimate of drug-likeness (QED) is 0.308. The lowest BCUT2D eigenvalue weighted by molar-refractivity contribution is 0.0831. The molecule has 2 heterocycles. The van der Waals surface area contributed by atoms with Crippen molar-refractivity contribution in [3.63, 3.8) is 0 Å². The van der Waals surface area contributed by atoms with Crippen LogP contribution in [0.4, 0.5) is 0 Å². The van der Waals surface area contributed by atoms with E-state index in [1.165, 1.54) is 29.1 Å². The highest BCUT2D eigenvalue weighted by molar-refractivity contribution is 6.35. The molecule has 1 atom stereocenters. The number of rotatable bonds is 9. The Morgan fingerprint density at radius 2 is 2.06 bits per heavy atom. The number of aromatic nitrogens is 3. The van der Waals surface area contributed by atoms with Gasteiger partial charge in [-0.3, -0.25) is 4.79 Å². The second-order valence-corrected chi connectivity index (χ2v) is 9.31. The monoisotopic (exact) mass is 511 g/mol. The molecule has 180 valence electrons. The Hall–Kier alpha value is -3.17. The summed E-state index contributed by atoms with van der Waals surface area (Å²) in [7, 11) is 0. The van der Waals surface area contributed by atoms with Gasteiger partial charge >= 0.3 is 0 Å². The maximum Gasteiger partial charge on any atom is 0.274 e. The zero-order valence-electron chi connectivity index (χ0n) is 18.7. The summed E-state index contributed by atoms with van der Waals surface area (Å²) in [5, 5.41) is 8.27. The van der Waals surface area contributed by atoms with E-state index in [0.717, 1.165) is 5.56 Å². The van der Waals surface area contributed by atoms with E-state index in [0.29, 0.717) is 33.8 Å². The summed E-state index contributed by atoms with van der Waals surface area (Å²) in [5.74, 6) is 6.42. The number of halogens is 2. The fraction of sp³-hybridized carbons (Fsp3) is 0.240. The largest absolute Gasteiger partial charge is 0.453 e.